The van der Waals surface area contributed by atoms with Crippen molar-refractivity contribution in [1.82, 2.24) is 14.8 Å². The van der Waals surface area contributed by atoms with E-state index in [1.54, 1.807) is 0 Å². The Morgan fingerprint density at radius 2 is 2.05 bits per heavy atom. The summed E-state index contributed by atoms with van der Waals surface area (Å²) in [6, 6.07) is 0. The first-order valence-electron chi connectivity index (χ1n) is 8.48. The van der Waals surface area contributed by atoms with E-state index >= 15 is 0 Å². The molecule has 1 aliphatic carbocycles. The zero-order valence-electron chi connectivity index (χ0n) is 13.4. The quantitative estimate of drug-likeness (QED) is 0.649. The molecule has 0 aliphatic heterocycles. The molecule has 0 radical (unpaired) electrons. The second-order valence-electron chi connectivity index (χ2n) is 6.17. The van der Waals surface area contributed by atoms with E-state index in [0.717, 1.165) is 56.5 Å². The molecular formula is C17H25ClN4. The fourth-order valence-electron chi connectivity index (χ4n) is 3.51. The summed E-state index contributed by atoms with van der Waals surface area (Å²) in [4.78, 5) is 4.63. The normalized spacial score (nSPS) is 14.5. The molecule has 0 spiro atoms. The van der Waals surface area contributed by atoms with Gasteiger partial charge >= 0.3 is 0 Å². The van der Waals surface area contributed by atoms with Crippen molar-refractivity contribution in [2.45, 2.75) is 64.8 Å². The molecule has 2 heterocycles. The van der Waals surface area contributed by atoms with Gasteiger partial charge in [-0.15, -0.1) is 11.6 Å². The van der Waals surface area contributed by atoms with Gasteiger partial charge in [-0.05, 0) is 56.9 Å². The molecule has 22 heavy (non-hydrogen) atoms. The van der Waals surface area contributed by atoms with Crippen molar-refractivity contribution in [1.29, 1.82) is 0 Å². The number of nitrogen functional groups attached to an aromatic ring is 1. The van der Waals surface area contributed by atoms with E-state index in [9.17, 15) is 0 Å². The summed E-state index contributed by atoms with van der Waals surface area (Å²) in [7, 11) is 0. The van der Waals surface area contributed by atoms with E-state index in [1.807, 2.05) is 0 Å². The summed E-state index contributed by atoms with van der Waals surface area (Å²) in [5.41, 5.74) is 11.1. The molecule has 4 nitrogen and oxygen atoms in total. The van der Waals surface area contributed by atoms with Crippen LogP contribution in [0.15, 0.2) is 0 Å². The second kappa shape index (κ2) is 6.86. The highest BCUT2D eigenvalue weighted by atomic mass is 35.5. The fourth-order valence-corrected chi connectivity index (χ4v) is 3.70. The summed E-state index contributed by atoms with van der Waals surface area (Å²) < 4.78 is 2.16. The van der Waals surface area contributed by atoms with Crippen LogP contribution in [-0.2, 0) is 25.8 Å². The minimum Gasteiger partial charge on any atom is -0.382 e. The number of rotatable bonds is 6. The van der Waals surface area contributed by atoms with Gasteiger partial charge in [-0.2, -0.15) is 5.10 Å². The first-order chi connectivity index (χ1) is 10.8. The first kappa shape index (κ1) is 15.6. The van der Waals surface area contributed by atoms with Gasteiger partial charge in [-0.25, -0.2) is 4.98 Å². The van der Waals surface area contributed by atoms with Crippen molar-refractivity contribution in [3.63, 3.8) is 0 Å². The number of pyridine rings is 1. The van der Waals surface area contributed by atoms with Crippen LogP contribution in [0.3, 0.4) is 0 Å². The lowest BCUT2D eigenvalue weighted by atomic mass is 9.92. The first-order valence-corrected chi connectivity index (χ1v) is 9.02. The minimum absolute atomic E-state index is 0.601. The molecule has 2 N–H and O–H groups in total. The Labute approximate surface area is 137 Å². The number of halogens is 1. The van der Waals surface area contributed by atoms with Crippen molar-refractivity contribution >= 4 is 28.3 Å². The number of hydrogen-bond acceptors (Lipinski definition) is 3. The molecule has 0 atom stereocenters. The Morgan fingerprint density at radius 3 is 2.82 bits per heavy atom. The van der Waals surface area contributed by atoms with E-state index in [4.69, 9.17) is 22.4 Å². The maximum Gasteiger partial charge on any atom is 0.152 e. The summed E-state index contributed by atoms with van der Waals surface area (Å²) in [6.07, 6.45) is 8.87. The SMILES string of the molecule is CCCn1nc2c(N)nc3c(c2c1CCCCCl)CCCC3. The molecule has 0 fully saturated rings. The molecule has 0 unspecified atom stereocenters. The van der Waals surface area contributed by atoms with Crippen LogP contribution in [0.4, 0.5) is 5.82 Å². The Bertz CT molecular complexity index is 662. The Hall–Kier alpha value is -1.29. The number of anilines is 1. The zero-order chi connectivity index (χ0) is 15.5. The van der Waals surface area contributed by atoms with E-state index < -0.39 is 0 Å². The molecule has 5 heteroatoms. The molecule has 0 bridgehead atoms. The van der Waals surface area contributed by atoms with Gasteiger partial charge in [0.25, 0.3) is 0 Å². The maximum absolute atomic E-state index is 6.21. The third-order valence-corrected chi connectivity index (χ3v) is 4.80. The predicted molar refractivity (Wildman–Crippen MR) is 92.5 cm³/mol. The largest absolute Gasteiger partial charge is 0.382 e. The Balaban J connectivity index is 2.14. The molecule has 0 saturated heterocycles. The number of hydrogen-bond donors (Lipinski definition) is 1. The molecule has 2 aromatic heterocycles. The summed E-state index contributed by atoms with van der Waals surface area (Å²) in [5, 5.41) is 6.08. The fraction of sp³-hybridized carbons (Fsp3) is 0.647. The van der Waals surface area contributed by atoms with Gasteiger partial charge in [-0.1, -0.05) is 6.92 Å². The molecule has 2 aromatic rings. The van der Waals surface area contributed by atoms with Crippen molar-refractivity contribution in [2.24, 2.45) is 0 Å². The molecule has 0 amide bonds. The highest BCUT2D eigenvalue weighted by Crippen LogP contribution is 2.33. The minimum atomic E-state index is 0.601. The van der Waals surface area contributed by atoms with Crippen LogP contribution in [0.1, 0.15) is 56.0 Å². The topological polar surface area (TPSA) is 56.7 Å². The highest BCUT2D eigenvalue weighted by Gasteiger charge is 2.22. The molecule has 1 aliphatic rings. The number of fused-ring (bicyclic) bond motifs is 3. The van der Waals surface area contributed by atoms with E-state index in [1.165, 1.54) is 35.2 Å². The average molecular weight is 321 g/mol. The number of aromatic nitrogens is 3. The third-order valence-electron chi connectivity index (χ3n) is 4.53. The average Bonchev–Trinajstić information content (AvgIpc) is 2.88. The van der Waals surface area contributed by atoms with Crippen LogP contribution in [-0.4, -0.2) is 20.6 Å². The summed E-state index contributed by atoms with van der Waals surface area (Å²) in [6.45, 7) is 3.13. The zero-order valence-corrected chi connectivity index (χ0v) is 14.1. The van der Waals surface area contributed by atoms with Gasteiger partial charge < -0.3 is 5.73 Å². The van der Waals surface area contributed by atoms with Gasteiger partial charge in [-0.3, -0.25) is 4.68 Å². The van der Waals surface area contributed by atoms with Gasteiger partial charge in [0.1, 0.15) is 5.52 Å². The number of nitrogens with zero attached hydrogens (tertiary/aromatic N) is 3. The van der Waals surface area contributed by atoms with E-state index in [2.05, 4.69) is 16.6 Å². The number of aryl methyl sites for hydroxylation is 4. The van der Waals surface area contributed by atoms with Crippen molar-refractivity contribution in [2.75, 3.05) is 11.6 Å². The Kier molecular flexibility index (Phi) is 4.87. The summed E-state index contributed by atoms with van der Waals surface area (Å²) in [5.74, 6) is 1.32. The summed E-state index contributed by atoms with van der Waals surface area (Å²) >= 11 is 5.85. The molecular weight excluding hydrogens is 296 g/mol. The molecule has 0 saturated carbocycles. The number of nitrogens with two attached hydrogens (primary N) is 1. The van der Waals surface area contributed by atoms with Crippen LogP contribution in [0.2, 0.25) is 0 Å². The lowest BCUT2D eigenvalue weighted by Crippen LogP contribution is -2.09. The lowest BCUT2D eigenvalue weighted by molar-refractivity contribution is 0.571. The second-order valence-corrected chi connectivity index (χ2v) is 6.55. The van der Waals surface area contributed by atoms with Crippen LogP contribution < -0.4 is 5.73 Å². The number of unbranched alkanes of at least 4 members (excludes halogenated alkanes) is 1. The van der Waals surface area contributed by atoms with Crippen LogP contribution in [0, 0.1) is 0 Å². The number of alkyl halides is 1. The molecule has 3 rings (SSSR count). The molecule has 120 valence electrons. The maximum atomic E-state index is 6.21. The smallest absolute Gasteiger partial charge is 0.152 e. The van der Waals surface area contributed by atoms with Gasteiger partial charge in [0.05, 0.1) is 0 Å². The monoisotopic (exact) mass is 320 g/mol. The van der Waals surface area contributed by atoms with E-state index in [0.29, 0.717) is 5.82 Å². The standard InChI is InChI=1S/C17H25ClN4/c1-2-11-22-14(9-5-6-10-18)15-12-7-3-4-8-13(12)20-17(19)16(15)21-22/h2-11H2,1H3,(H2,19,20). The van der Waals surface area contributed by atoms with Crippen molar-refractivity contribution in [3.05, 3.63) is 17.0 Å². The van der Waals surface area contributed by atoms with Crippen molar-refractivity contribution < 1.29 is 0 Å². The van der Waals surface area contributed by atoms with Crippen LogP contribution >= 0.6 is 11.6 Å². The Morgan fingerprint density at radius 1 is 1.23 bits per heavy atom. The van der Waals surface area contributed by atoms with Crippen LogP contribution in [0.25, 0.3) is 10.9 Å². The van der Waals surface area contributed by atoms with Crippen molar-refractivity contribution in [3.8, 4) is 0 Å². The lowest BCUT2D eigenvalue weighted by Gasteiger charge is -2.17. The predicted octanol–water partition coefficient (Wildman–Crippen LogP) is 3.86. The van der Waals surface area contributed by atoms with Crippen LogP contribution in [0.5, 0.6) is 0 Å². The van der Waals surface area contributed by atoms with Gasteiger partial charge in [0.15, 0.2) is 5.82 Å². The third kappa shape index (κ3) is 2.81. The molecule has 0 aromatic carbocycles. The van der Waals surface area contributed by atoms with Gasteiger partial charge in [0, 0.05) is 29.2 Å². The van der Waals surface area contributed by atoms with Gasteiger partial charge in [0.2, 0.25) is 0 Å². The van der Waals surface area contributed by atoms with E-state index in [-0.39, 0.29) is 0 Å². The highest BCUT2D eigenvalue weighted by molar-refractivity contribution is 6.17.